The maximum absolute atomic E-state index is 12.6. The van der Waals surface area contributed by atoms with Crippen LogP contribution in [0, 0.1) is 5.92 Å². The van der Waals surface area contributed by atoms with Crippen LogP contribution in [0.4, 0.5) is 0 Å². The molecule has 0 spiro atoms. The van der Waals surface area contributed by atoms with Crippen molar-refractivity contribution in [2.75, 3.05) is 0 Å². The highest BCUT2D eigenvalue weighted by atomic mass is 16.6. The molecule has 2 bridgehead atoms. The topological polar surface area (TPSA) is 72.8 Å². The van der Waals surface area contributed by atoms with Crippen LogP contribution in [0.1, 0.15) is 66.2 Å². The van der Waals surface area contributed by atoms with Gasteiger partial charge in [-0.2, -0.15) is 0 Å². The smallest absolute Gasteiger partial charge is 0.334 e. The van der Waals surface area contributed by atoms with Crippen molar-refractivity contribution in [3.63, 3.8) is 0 Å². The Morgan fingerprint density at radius 3 is 2.70 bits per heavy atom. The predicted molar refractivity (Wildman–Crippen MR) is 104 cm³/mol. The summed E-state index contributed by atoms with van der Waals surface area (Å²) in [5.74, 6) is -1.00. The second-order valence-electron chi connectivity index (χ2n) is 8.09. The molecule has 1 aliphatic heterocycles. The molecular weight excluding hydrogens is 344 g/mol. The van der Waals surface area contributed by atoms with E-state index in [9.17, 15) is 14.7 Å². The molecule has 5 nitrogen and oxygen atoms in total. The second-order valence-corrected chi connectivity index (χ2v) is 8.09. The number of fused-ring (bicyclic) bond motifs is 3. The summed E-state index contributed by atoms with van der Waals surface area (Å²) in [5.41, 5.74) is 1.56. The quantitative estimate of drug-likeness (QED) is 0.425. The maximum Gasteiger partial charge on any atom is 0.334 e. The number of esters is 2. The number of ether oxygens (including phenoxy) is 2. The van der Waals surface area contributed by atoms with Crippen LogP contribution in [0.25, 0.3) is 0 Å². The van der Waals surface area contributed by atoms with E-state index in [1.54, 1.807) is 0 Å². The van der Waals surface area contributed by atoms with E-state index < -0.39 is 23.8 Å². The van der Waals surface area contributed by atoms with Gasteiger partial charge in [0.25, 0.3) is 0 Å². The Labute approximate surface area is 162 Å². The number of carbonyl (C=O) groups is 2. The van der Waals surface area contributed by atoms with Gasteiger partial charge in [-0.15, -0.1) is 0 Å². The van der Waals surface area contributed by atoms with Crippen LogP contribution in [-0.4, -0.2) is 34.9 Å². The Bertz CT molecular complexity index is 660. The first-order valence-electron chi connectivity index (χ1n) is 9.72. The molecule has 0 radical (unpaired) electrons. The zero-order valence-electron chi connectivity index (χ0n) is 16.9. The minimum Gasteiger partial charge on any atom is -0.458 e. The van der Waals surface area contributed by atoms with Gasteiger partial charge in [0.05, 0.1) is 6.10 Å². The van der Waals surface area contributed by atoms with E-state index in [2.05, 4.69) is 12.7 Å². The molecule has 0 aromatic rings. The first-order chi connectivity index (χ1) is 12.6. The van der Waals surface area contributed by atoms with Crippen molar-refractivity contribution in [2.45, 2.75) is 84.0 Å². The minimum absolute atomic E-state index is 0.157. The van der Waals surface area contributed by atoms with Crippen molar-refractivity contribution >= 4 is 11.9 Å². The summed E-state index contributed by atoms with van der Waals surface area (Å²) < 4.78 is 11.4. The summed E-state index contributed by atoms with van der Waals surface area (Å²) in [7, 11) is 0. The first kappa shape index (κ1) is 21.4. The fourth-order valence-electron chi connectivity index (χ4n) is 3.80. The van der Waals surface area contributed by atoms with Gasteiger partial charge in [-0.25, -0.2) is 4.79 Å². The fourth-order valence-corrected chi connectivity index (χ4v) is 3.80. The highest BCUT2D eigenvalue weighted by Crippen LogP contribution is 2.38. The Hall–Kier alpha value is -1.88. The SMILES string of the molecule is C=C1C(=O)O[C@@]2(C)CC[C@H]1C[C@H](O)/C(C)=C/C/C=C(/C)CC[C@H]2OC(C)=O. The van der Waals surface area contributed by atoms with Gasteiger partial charge >= 0.3 is 11.9 Å². The van der Waals surface area contributed by atoms with Crippen molar-refractivity contribution in [3.8, 4) is 0 Å². The molecule has 150 valence electrons. The molecule has 0 unspecified atom stereocenters. The number of hydrogen-bond donors (Lipinski definition) is 1. The van der Waals surface area contributed by atoms with E-state index in [1.807, 2.05) is 26.8 Å². The zero-order chi connectivity index (χ0) is 20.2. The molecule has 1 saturated heterocycles. The Morgan fingerprint density at radius 2 is 2.04 bits per heavy atom. The lowest BCUT2D eigenvalue weighted by atomic mass is 9.83. The van der Waals surface area contributed by atoms with E-state index >= 15 is 0 Å². The van der Waals surface area contributed by atoms with Crippen molar-refractivity contribution in [3.05, 3.63) is 35.5 Å². The van der Waals surface area contributed by atoms with E-state index in [0.717, 1.165) is 18.4 Å². The summed E-state index contributed by atoms with van der Waals surface area (Å²) in [6.07, 6.45) is 6.72. The summed E-state index contributed by atoms with van der Waals surface area (Å²) in [5, 5.41) is 10.6. The molecule has 0 aromatic carbocycles. The Kier molecular flexibility index (Phi) is 7.04. The van der Waals surface area contributed by atoms with Gasteiger partial charge in [-0.3, -0.25) is 4.79 Å². The molecule has 2 aliphatic rings. The van der Waals surface area contributed by atoms with E-state index in [0.29, 0.717) is 31.3 Å². The molecule has 1 fully saturated rings. The fraction of sp³-hybridized carbons (Fsp3) is 0.636. The molecule has 1 heterocycles. The third kappa shape index (κ3) is 5.55. The summed E-state index contributed by atoms with van der Waals surface area (Å²) in [6, 6.07) is 0. The molecule has 5 heteroatoms. The van der Waals surface area contributed by atoms with E-state index in [4.69, 9.17) is 9.47 Å². The van der Waals surface area contributed by atoms with Gasteiger partial charge in [0, 0.05) is 12.5 Å². The molecule has 27 heavy (non-hydrogen) atoms. The molecular formula is C22H32O5. The van der Waals surface area contributed by atoms with Crippen molar-refractivity contribution < 1.29 is 24.2 Å². The molecule has 0 amide bonds. The first-order valence-corrected chi connectivity index (χ1v) is 9.72. The van der Waals surface area contributed by atoms with Crippen LogP contribution >= 0.6 is 0 Å². The Balaban J connectivity index is 2.40. The summed E-state index contributed by atoms with van der Waals surface area (Å²) >= 11 is 0. The van der Waals surface area contributed by atoms with Crippen LogP contribution in [0.3, 0.4) is 0 Å². The average Bonchev–Trinajstić information content (AvgIpc) is 2.69. The summed E-state index contributed by atoms with van der Waals surface area (Å²) in [6.45, 7) is 11.1. The Morgan fingerprint density at radius 1 is 1.33 bits per heavy atom. The molecule has 1 N–H and O–H groups in total. The number of allylic oxidation sites excluding steroid dienone is 3. The van der Waals surface area contributed by atoms with Crippen LogP contribution in [0.5, 0.6) is 0 Å². The van der Waals surface area contributed by atoms with Gasteiger partial charge < -0.3 is 14.6 Å². The van der Waals surface area contributed by atoms with Gasteiger partial charge in [0.15, 0.2) is 0 Å². The zero-order valence-corrected chi connectivity index (χ0v) is 16.9. The number of hydrogen-bond acceptors (Lipinski definition) is 5. The average molecular weight is 376 g/mol. The van der Waals surface area contributed by atoms with Gasteiger partial charge in [-0.05, 0) is 70.8 Å². The maximum atomic E-state index is 12.6. The van der Waals surface area contributed by atoms with E-state index in [-0.39, 0.29) is 11.9 Å². The predicted octanol–water partition coefficient (Wildman–Crippen LogP) is 4.01. The second kappa shape index (κ2) is 8.87. The van der Waals surface area contributed by atoms with Gasteiger partial charge in [0.1, 0.15) is 11.7 Å². The molecule has 4 atom stereocenters. The standard InChI is InChI=1S/C22H32O5/c1-14-7-6-8-15(2)19(24)13-18-11-12-22(5,27-21(25)16(18)3)20(10-9-14)26-17(4)23/h7-8,18-20,24H,3,6,9-13H2,1-2,4-5H3/b14-7-,15-8+/t18-,19-,20+,22-/m0/s1. The van der Waals surface area contributed by atoms with Crippen LogP contribution in [0.2, 0.25) is 0 Å². The molecule has 0 saturated carbocycles. The highest BCUT2D eigenvalue weighted by Gasteiger charge is 2.44. The lowest BCUT2D eigenvalue weighted by molar-refractivity contribution is -0.180. The van der Waals surface area contributed by atoms with Crippen molar-refractivity contribution in [1.29, 1.82) is 0 Å². The minimum atomic E-state index is -0.902. The summed E-state index contributed by atoms with van der Waals surface area (Å²) in [4.78, 5) is 24.3. The van der Waals surface area contributed by atoms with Crippen LogP contribution in [-0.2, 0) is 19.1 Å². The normalized spacial score (nSPS) is 37.1. The van der Waals surface area contributed by atoms with Gasteiger partial charge in [0.2, 0.25) is 0 Å². The largest absolute Gasteiger partial charge is 0.458 e. The third-order valence-electron chi connectivity index (χ3n) is 5.80. The number of aliphatic hydroxyl groups is 1. The number of rotatable bonds is 1. The van der Waals surface area contributed by atoms with Crippen LogP contribution < -0.4 is 0 Å². The van der Waals surface area contributed by atoms with Crippen molar-refractivity contribution in [1.82, 2.24) is 0 Å². The molecule has 1 aliphatic carbocycles. The third-order valence-corrected chi connectivity index (χ3v) is 5.80. The van der Waals surface area contributed by atoms with Gasteiger partial charge in [-0.1, -0.05) is 24.3 Å². The molecule has 0 aromatic heterocycles. The van der Waals surface area contributed by atoms with E-state index in [1.165, 1.54) is 12.5 Å². The van der Waals surface area contributed by atoms with Crippen LogP contribution in [0.15, 0.2) is 35.5 Å². The lowest BCUT2D eigenvalue weighted by Crippen LogP contribution is -2.45. The number of carbonyl (C=O) groups excluding carboxylic acids is 2. The number of aliphatic hydroxyl groups excluding tert-OH is 1. The molecule has 2 rings (SSSR count). The van der Waals surface area contributed by atoms with Crippen molar-refractivity contribution in [2.24, 2.45) is 5.92 Å². The monoisotopic (exact) mass is 376 g/mol. The highest BCUT2D eigenvalue weighted by molar-refractivity contribution is 5.89. The lowest BCUT2D eigenvalue weighted by Gasteiger charge is -2.35.